The van der Waals surface area contributed by atoms with Gasteiger partial charge in [0.15, 0.2) is 0 Å². The van der Waals surface area contributed by atoms with Gasteiger partial charge in [0, 0.05) is 11.1 Å². The SMILES string of the molecule is CCCC1CCC(NCC)C(Cc2ccccc2Cl)C1. The van der Waals surface area contributed by atoms with E-state index < -0.39 is 0 Å². The number of nitrogens with one attached hydrogen (secondary N) is 1. The fourth-order valence-electron chi connectivity index (χ4n) is 3.73. The molecule has 3 atom stereocenters. The Morgan fingerprint density at radius 3 is 2.70 bits per heavy atom. The van der Waals surface area contributed by atoms with Gasteiger partial charge in [-0.15, -0.1) is 0 Å². The largest absolute Gasteiger partial charge is 0.314 e. The van der Waals surface area contributed by atoms with E-state index in [2.05, 4.69) is 31.3 Å². The molecule has 1 aliphatic carbocycles. The minimum absolute atomic E-state index is 0.671. The van der Waals surface area contributed by atoms with Crippen LogP contribution in [0.25, 0.3) is 0 Å². The second kappa shape index (κ2) is 8.05. The molecule has 0 spiro atoms. The Balaban J connectivity index is 2.05. The van der Waals surface area contributed by atoms with Crippen LogP contribution < -0.4 is 5.32 Å². The summed E-state index contributed by atoms with van der Waals surface area (Å²) in [6.45, 7) is 5.59. The second-order valence-corrected chi connectivity index (χ2v) is 6.59. The molecule has 1 fully saturated rings. The minimum Gasteiger partial charge on any atom is -0.314 e. The number of rotatable bonds is 6. The Bertz CT molecular complexity index is 404. The van der Waals surface area contributed by atoms with E-state index in [1.807, 2.05) is 12.1 Å². The number of benzene rings is 1. The van der Waals surface area contributed by atoms with E-state index in [0.717, 1.165) is 29.8 Å². The van der Waals surface area contributed by atoms with Crippen LogP contribution in [0.4, 0.5) is 0 Å². The van der Waals surface area contributed by atoms with E-state index in [4.69, 9.17) is 11.6 Å². The molecule has 0 amide bonds. The van der Waals surface area contributed by atoms with Crippen molar-refractivity contribution >= 4 is 11.6 Å². The quantitative estimate of drug-likeness (QED) is 0.771. The lowest BCUT2D eigenvalue weighted by Gasteiger charge is -2.37. The molecule has 0 bridgehead atoms. The molecule has 0 aromatic heterocycles. The lowest BCUT2D eigenvalue weighted by molar-refractivity contribution is 0.195. The van der Waals surface area contributed by atoms with Crippen LogP contribution in [0.3, 0.4) is 0 Å². The summed E-state index contributed by atoms with van der Waals surface area (Å²) in [5, 5.41) is 4.62. The first-order valence-corrected chi connectivity index (χ1v) is 8.59. The van der Waals surface area contributed by atoms with Gasteiger partial charge < -0.3 is 5.32 Å². The zero-order valence-corrected chi connectivity index (χ0v) is 13.6. The highest BCUT2D eigenvalue weighted by Crippen LogP contribution is 2.35. The van der Waals surface area contributed by atoms with E-state index in [1.54, 1.807) is 0 Å². The van der Waals surface area contributed by atoms with E-state index in [9.17, 15) is 0 Å². The van der Waals surface area contributed by atoms with Gasteiger partial charge in [-0.05, 0) is 55.7 Å². The number of halogens is 1. The molecular weight excluding hydrogens is 266 g/mol. The number of hydrogen-bond donors (Lipinski definition) is 1. The molecule has 1 aromatic rings. The summed E-state index contributed by atoms with van der Waals surface area (Å²) in [5.74, 6) is 1.66. The molecule has 3 unspecified atom stereocenters. The zero-order chi connectivity index (χ0) is 14.4. The Labute approximate surface area is 129 Å². The molecular formula is C18H28ClN. The summed E-state index contributed by atoms with van der Waals surface area (Å²) >= 11 is 6.35. The van der Waals surface area contributed by atoms with Crippen LogP contribution in [0, 0.1) is 11.8 Å². The third-order valence-electron chi connectivity index (χ3n) is 4.69. The van der Waals surface area contributed by atoms with Crippen molar-refractivity contribution in [3.05, 3.63) is 34.9 Å². The summed E-state index contributed by atoms with van der Waals surface area (Å²) < 4.78 is 0. The Kier molecular flexibility index (Phi) is 6.38. The second-order valence-electron chi connectivity index (χ2n) is 6.19. The summed E-state index contributed by atoms with van der Waals surface area (Å²) in [6, 6.07) is 9.01. The van der Waals surface area contributed by atoms with E-state index in [1.165, 1.54) is 37.7 Å². The maximum absolute atomic E-state index is 6.35. The molecule has 2 rings (SSSR count). The van der Waals surface area contributed by atoms with Crippen molar-refractivity contribution in [1.29, 1.82) is 0 Å². The van der Waals surface area contributed by atoms with Crippen LogP contribution in [0.1, 0.15) is 51.5 Å². The van der Waals surface area contributed by atoms with Crippen molar-refractivity contribution < 1.29 is 0 Å². The van der Waals surface area contributed by atoms with Crippen molar-refractivity contribution in [3.8, 4) is 0 Å². The van der Waals surface area contributed by atoms with Crippen molar-refractivity contribution in [3.63, 3.8) is 0 Å². The van der Waals surface area contributed by atoms with Crippen LogP contribution >= 0.6 is 11.6 Å². The highest BCUT2D eigenvalue weighted by Gasteiger charge is 2.29. The van der Waals surface area contributed by atoms with E-state index in [0.29, 0.717) is 6.04 Å². The molecule has 1 saturated carbocycles. The summed E-state index contributed by atoms with van der Waals surface area (Å²) in [7, 11) is 0. The van der Waals surface area contributed by atoms with Crippen molar-refractivity contribution in [1.82, 2.24) is 5.32 Å². The fourth-order valence-corrected chi connectivity index (χ4v) is 3.95. The highest BCUT2D eigenvalue weighted by molar-refractivity contribution is 6.31. The third-order valence-corrected chi connectivity index (χ3v) is 5.06. The predicted octanol–water partition coefficient (Wildman–Crippen LogP) is 5.08. The Hall–Kier alpha value is -0.530. The summed E-state index contributed by atoms with van der Waals surface area (Å²) in [5.41, 5.74) is 1.32. The first-order valence-electron chi connectivity index (χ1n) is 8.21. The first kappa shape index (κ1) is 15.9. The van der Waals surface area contributed by atoms with Gasteiger partial charge in [0.05, 0.1) is 0 Å². The third kappa shape index (κ3) is 4.23. The number of hydrogen-bond acceptors (Lipinski definition) is 1. The Morgan fingerprint density at radius 1 is 1.20 bits per heavy atom. The van der Waals surface area contributed by atoms with Crippen LogP contribution in [0.15, 0.2) is 24.3 Å². The van der Waals surface area contributed by atoms with Gasteiger partial charge in [0.1, 0.15) is 0 Å². The summed E-state index contributed by atoms with van der Waals surface area (Å²) in [6.07, 6.45) is 7.90. The van der Waals surface area contributed by atoms with Gasteiger partial charge >= 0.3 is 0 Å². The molecule has 2 heteroatoms. The topological polar surface area (TPSA) is 12.0 Å². The molecule has 0 heterocycles. The fraction of sp³-hybridized carbons (Fsp3) is 0.667. The van der Waals surface area contributed by atoms with Gasteiger partial charge in [-0.25, -0.2) is 0 Å². The van der Waals surface area contributed by atoms with Crippen LogP contribution in [0.2, 0.25) is 5.02 Å². The van der Waals surface area contributed by atoms with E-state index in [-0.39, 0.29) is 0 Å². The minimum atomic E-state index is 0.671. The molecule has 112 valence electrons. The van der Waals surface area contributed by atoms with Gasteiger partial charge in [0.2, 0.25) is 0 Å². The van der Waals surface area contributed by atoms with Crippen molar-refractivity contribution in [2.24, 2.45) is 11.8 Å². The monoisotopic (exact) mass is 293 g/mol. The lowest BCUT2D eigenvalue weighted by atomic mass is 9.74. The highest BCUT2D eigenvalue weighted by atomic mass is 35.5. The standard InChI is InChI=1S/C18H28ClN/c1-3-7-14-10-11-18(20-4-2)16(12-14)13-15-8-5-6-9-17(15)19/h5-6,8-9,14,16,18,20H,3-4,7,10-13H2,1-2H3. The van der Waals surface area contributed by atoms with Crippen LogP contribution in [-0.2, 0) is 6.42 Å². The molecule has 1 nitrogen and oxygen atoms in total. The molecule has 20 heavy (non-hydrogen) atoms. The summed E-state index contributed by atoms with van der Waals surface area (Å²) in [4.78, 5) is 0. The normalized spacial score (nSPS) is 26.6. The molecule has 1 aromatic carbocycles. The van der Waals surface area contributed by atoms with Crippen molar-refractivity contribution in [2.45, 2.75) is 58.4 Å². The van der Waals surface area contributed by atoms with Gasteiger partial charge in [-0.2, -0.15) is 0 Å². The molecule has 0 aliphatic heterocycles. The molecule has 0 saturated heterocycles. The Morgan fingerprint density at radius 2 is 2.00 bits per heavy atom. The molecule has 1 N–H and O–H groups in total. The maximum Gasteiger partial charge on any atom is 0.0438 e. The molecule has 1 aliphatic rings. The predicted molar refractivity (Wildman–Crippen MR) is 88.4 cm³/mol. The van der Waals surface area contributed by atoms with Gasteiger partial charge in [-0.3, -0.25) is 0 Å². The average Bonchev–Trinajstić information content (AvgIpc) is 2.45. The lowest BCUT2D eigenvalue weighted by Crippen LogP contribution is -2.41. The van der Waals surface area contributed by atoms with Crippen LogP contribution in [0.5, 0.6) is 0 Å². The smallest absolute Gasteiger partial charge is 0.0438 e. The van der Waals surface area contributed by atoms with E-state index >= 15 is 0 Å². The first-order chi connectivity index (χ1) is 9.74. The van der Waals surface area contributed by atoms with Gasteiger partial charge in [-0.1, -0.05) is 56.5 Å². The average molecular weight is 294 g/mol. The zero-order valence-electron chi connectivity index (χ0n) is 12.9. The maximum atomic E-state index is 6.35. The van der Waals surface area contributed by atoms with Crippen molar-refractivity contribution in [2.75, 3.05) is 6.54 Å². The molecule has 0 radical (unpaired) electrons. The van der Waals surface area contributed by atoms with Crippen LogP contribution in [-0.4, -0.2) is 12.6 Å². The van der Waals surface area contributed by atoms with Gasteiger partial charge in [0.25, 0.3) is 0 Å².